The third kappa shape index (κ3) is 3.11. The van der Waals surface area contributed by atoms with E-state index in [9.17, 15) is 4.79 Å². The predicted molar refractivity (Wildman–Crippen MR) is 58.6 cm³/mol. The van der Waals surface area contributed by atoms with E-state index in [1.807, 2.05) is 0 Å². The maximum absolute atomic E-state index is 11.1. The predicted octanol–water partition coefficient (Wildman–Crippen LogP) is 3.23. The van der Waals surface area contributed by atoms with Gasteiger partial charge in [0.15, 0.2) is 0 Å². The second kappa shape index (κ2) is 4.86. The zero-order valence-electron chi connectivity index (χ0n) is 10.2. The maximum Gasteiger partial charge on any atom is 0.508 e. The van der Waals surface area contributed by atoms with Crippen LogP contribution in [0.5, 0.6) is 0 Å². The number of carbonyl (C=O) groups is 1. The molecule has 1 heterocycles. The summed E-state index contributed by atoms with van der Waals surface area (Å²) in [5.74, 6) is 0.978. The fourth-order valence-electron chi connectivity index (χ4n) is 1.85. The Morgan fingerprint density at radius 2 is 1.87 bits per heavy atom. The average molecular weight is 214 g/mol. The van der Waals surface area contributed by atoms with Crippen molar-refractivity contribution in [1.29, 1.82) is 0 Å². The van der Waals surface area contributed by atoms with Gasteiger partial charge in [0.25, 0.3) is 0 Å². The highest BCUT2D eigenvalue weighted by Crippen LogP contribution is 2.38. The monoisotopic (exact) mass is 214 g/mol. The number of hydrogen-bond acceptors (Lipinski definition) is 3. The van der Waals surface area contributed by atoms with Crippen LogP contribution < -0.4 is 0 Å². The fraction of sp³-hybridized carbons (Fsp3) is 0.917. The summed E-state index contributed by atoms with van der Waals surface area (Å²) in [7, 11) is 0. The first kappa shape index (κ1) is 12.3. The molecule has 0 amide bonds. The minimum absolute atomic E-state index is 0.206. The third-order valence-electron chi connectivity index (χ3n) is 3.99. The Hall–Kier alpha value is -0.730. The zero-order chi connectivity index (χ0) is 11.5. The van der Waals surface area contributed by atoms with Crippen LogP contribution in [0.2, 0.25) is 0 Å². The Labute approximate surface area is 92.1 Å². The van der Waals surface area contributed by atoms with Crippen LogP contribution in [-0.2, 0) is 9.47 Å². The minimum atomic E-state index is -0.521. The van der Waals surface area contributed by atoms with E-state index in [1.165, 1.54) is 0 Å². The lowest BCUT2D eigenvalue weighted by molar-refractivity contribution is 0.00291. The van der Waals surface area contributed by atoms with E-state index in [1.54, 1.807) is 0 Å². The molecular weight excluding hydrogens is 192 g/mol. The summed E-state index contributed by atoms with van der Waals surface area (Å²) in [6.45, 7) is 9.83. The molecule has 0 bridgehead atoms. The maximum atomic E-state index is 11.1. The largest absolute Gasteiger partial charge is 0.508 e. The van der Waals surface area contributed by atoms with E-state index in [0.717, 1.165) is 12.8 Å². The first-order valence-electron chi connectivity index (χ1n) is 5.74. The molecule has 1 aliphatic heterocycles. The van der Waals surface area contributed by atoms with Gasteiger partial charge in [-0.2, -0.15) is 0 Å². The van der Waals surface area contributed by atoms with Gasteiger partial charge in [-0.15, -0.1) is 0 Å². The second-order valence-electron chi connectivity index (χ2n) is 5.18. The van der Waals surface area contributed by atoms with Crippen molar-refractivity contribution >= 4 is 6.16 Å². The highest BCUT2D eigenvalue weighted by Gasteiger charge is 2.33. The van der Waals surface area contributed by atoms with Crippen molar-refractivity contribution in [2.75, 3.05) is 13.2 Å². The molecule has 0 aromatic heterocycles. The Kier molecular flexibility index (Phi) is 4.00. The summed E-state index contributed by atoms with van der Waals surface area (Å²) in [6, 6.07) is 0. The van der Waals surface area contributed by atoms with Crippen LogP contribution in [0.4, 0.5) is 4.79 Å². The van der Waals surface area contributed by atoms with E-state index in [4.69, 9.17) is 9.47 Å². The van der Waals surface area contributed by atoms with E-state index in [2.05, 4.69) is 27.7 Å². The van der Waals surface area contributed by atoms with Gasteiger partial charge in [0, 0.05) is 0 Å². The van der Waals surface area contributed by atoms with Crippen molar-refractivity contribution < 1.29 is 14.3 Å². The molecule has 1 saturated heterocycles. The first-order chi connectivity index (χ1) is 6.94. The van der Waals surface area contributed by atoms with Gasteiger partial charge in [0.1, 0.15) is 0 Å². The van der Waals surface area contributed by atoms with E-state index in [0.29, 0.717) is 25.0 Å². The third-order valence-corrected chi connectivity index (χ3v) is 3.99. The molecule has 0 aliphatic carbocycles. The number of cyclic esters (lactones) is 2. The fourth-order valence-corrected chi connectivity index (χ4v) is 1.85. The number of hydrogen-bond donors (Lipinski definition) is 0. The van der Waals surface area contributed by atoms with E-state index >= 15 is 0 Å². The molecule has 88 valence electrons. The van der Waals surface area contributed by atoms with Crippen LogP contribution in [0.3, 0.4) is 0 Å². The van der Waals surface area contributed by atoms with Crippen molar-refractivity contribution in [1.82, 2.24) is 0 Å². The van der Waals surface area contributed by atoms with Crippen molar-refractivity contribution in [2.24, 2.45) is 17.3 Å². The molecule has 3 heteroatoms. The molecule has 0 N–H and O–H groups in total. The van der Waals surface area contributed by atoms with Crippen molar-refractivity contribution in [2.45, 2.75) is 40.5 Å². The van der Waals surface area contributed by atoms with Crippen LogP contribution in [0.15, 0.2) is 0 Å². The SMILES string of the molecule is CC1CCCOC(=O)OCC(C)C1(C)C. The van der Waals surface area contributed by atoms with Crippen LogP contribution in [0.25, 0.3) is 0 Å². The number of carbonyl (C=O) groups excluding carboxylic acids is 1. The lowest BCUT2D eigenvalue weighted by atomic mass is 9.69. The van der Waals surface area contributed by atoms with Crippen LogP contribution in [0, 0.1) is 17.3 Å². The zero-order valence-corrected chi connectivity index (χ0v) is 10.2. The summed E-state index contributed by atoms with van der Waals surface area (Å²) >= 11 is 0. The minimum Gasteiger partial charge on any atom is -0.434 e. The average Bonchev–Trinajstić information content (AvgIpc) is 2.19. The van der Waals surface area contributed by atoms with Crippen molar-refractivity contribution in [3.05, 3.63) is 0 Å². The summed E-state index contributed by atoms with van der Waals surface area (Å²) in [5, 5.41) is 0. The Balaban J connectivity index is 2.66. The lowest BCUT2D eigenvalue weighted by Gasteiger charge is -2.38. The Bertz CT molecular complexity index is 223. The molecule has 1 aliphatic rings. The van der Waals surface area contributed by atoms with Gasteiger partial charge in [0.05, 0.1) is 13.2 Å². The van der Waals surface area contributed by atoms with Crippen LogP contribution in [0.1, 0.15) is 40.5 Å². The van der Waals surface area contributed by atoms with Crippen LogP contribution in [-0.4, -0.2) is 19.4 Å². The van der Waals surface area contributed by atoms with Gasteiger partial charge in [-0.1, -0.05) is 27.7 Å². The van der Waals surface area contributed by atoms with Gasteiger partial charge in [0.2, 0.25) is 0 Å². The van der Waals surface area contributed by atoms with Gasteiger partial charge < -0.3 is 9.47 Å². The topological polar surface area (TPSA) is 35.5 Å². The molecule has 15 heavy (non-hydrogen) atoms. The molecule has 0 aromatic carbocycles. The standard InChI is InChI=1S/C12H22O3/c1-9-6-5-7-14-11(13)15-8-10(2)12(9,3)4/h9-10H,5-8H2,1-4H3. The molecule has 0 spiro atoms. The van der Waals surface area contributed by atoms with E-state index in [-0.39, 0.29) is 5.41 Å². The molecule has 3 nitrogen and oxygen atoms in total. The van der Waals surface area contributed by atoms with Gasteiger partial charge in [-0.05, 0) is 30.1 Å². The molecule has 0 aromatic rings. The van der Waals surface area contributed by atoms with Gasteiger partial charge in [-0.3, -0.25) is 0 Å². The molecule has 0 saturated carbocycles. The van der Waals surface area contributed by atoms with Crippen molar-refractivity contribution in [3.63, 3.8) is 0 Å². The Morgan fingerprint density at radius 3 is 2.53 bits per heavy atom. The number of rotatable bonds is 0. The summed E-state index contributed by atoms with van der Waals surface area (Å²) < 4.78 is 9.98. The number of ether oxygens (including phenoxy) is 2. The molecule has 2 atom stereocenters. The summed E-state index contributed by atoms with van der Waals surface area (Å²) in [4.78, 5) is 11.1. The first-order valence-corrected chi connectivity index (χ1v) is 5.74. The summed E-state index contributed by atoms with van der Waals surface area (Å²) in [6.07, 6.45) is 1.50. The van der Waals surface area contributed by atoms with Crippen molar-refractivity contribution in [3.8, 4) is 0 Å². The van der Waals surface area contributed by atoms with Crippen LogP contribution >= 0.6 is 0 Å². The highest BCUT2D eigenvalue weighted by atomic mass is 16.7. The highest BCUT2D eigenvalue weighted by molar-refractivity contribution is 5.59. The molecule has 1 rings (SSSR count). The summed E-state index contributed by atoms with van der Waals surface area (Å²) in [5.41, 5.74) is 0.206. The molecule has 2 unspecified atom stereocenters. The smallest absolute Gasteiger partial charge is 0.434 e. The van der Waals surface area contributed by atoms with Gasteiger partial charge >= 0.3 is 6.16 Å². The van der Waals surface area contributed by atoms with Gasteiger partial charge in [-0.25, -0.2) is 4.79 Å². The molecule has 0 radical (unpaired) electrons. The van der Waals surface area contributed by atoms with E-state index < -0.39 is 6.16 Å². The molecular formula is C12H22O3. The quantitative estimate of drug-likeness (QED) is 0.581. The Morgan fingerprint density at radius 1 is 1.20 bits per heavy atom. The molecule has 1 fully saturated rings. The lowest BCUT2D eigenvalue weighted by Crippen LogP contribution is -2.34. The second-order valence-corrected chi connectivity index (χ2v) is 5.18. The normalized spacial score (nSPS) is 32.7.